The molecule has 0 spiro atoms. The molecule has 2 aromatic carbocycles. The van der Waals surface area contributed by atoms with Gasteiger partial charge in [-0.3, -0.25) is 0 Å². The second kappa shape index (κ2) is 2.99. The number of rotatable bonds is 0. The van der Waals surface area contributed by atoms with Gasteiger partial charge >= 0.3 is 0 Å². The van der Waals surface area contributed by atoms with Crippen LogP contribution in [0.15, 0.2) is 36.4 Å². The fraction of sp³-hybridized carbons (Fsp3) is 0.154. The second-order valence-corrected chi connectivity index (χ2v) is 3.92. The lowest BCUT2D eigenvalue weighted by Gasteiger charge is -2.01. The molecule has 15 heavy (non-hydrogen) atoms. The Hall–Kier alpha value is -2.01. The Morgan fingerprint density at radius 3 is 2.00 bits per heavy atom. The summed E-state index contributed by atoms with van der Waals surface area (Å²) in [6, 6.07) is 12.7. The first-order valence-electron chi connectivity index (χ1n) is 5.02. The molecule has 1 aliphatic heterocycles. The first-order chi connectivity index (χ1) is 7.36. The van der Waals surface area contributed by atoms with Crippen molar-refractivity contribution in [2.75, 3.05) is 0 Å². The van der Waals surface area contributed by atoms with Crippen molar-refractivity contribution in [2.24, 2.45) is 0 Å². The monoisotopic (exact) mass is 194 g/mol. The molecule has 2 aromatic rings. The average molecular weight is 194 g/mol. The quantitative estimate of drug-likeness (QED) is 0.603. The minimum Gasteiger partial charge on any atom is -0.302 e. The van der Waals surface area contributed by atoms with Gasteiger partial charge in [-0.25, -0.2) is 0 Å². The molecule has 0 aromatic heterocycles. The van der Waals surface area contributed by atoms with Gasteiger partial charge in [0.05, 0.1) is 13.1 Å². The number of hydrogen-bond donors (Lipinski definition) is 0. The maximum atomic E-state index is 8.85. The molecule has 0 fully saturated rings. The molecule has 2 heteroatoms. The zero-order valence-electron chi connectivity index (χ0n) is 8.27. The first-order valence-corrected chi connectivity index (χ1v) is 5.02. The van der Waals surface area contributed by atoms with Gasteiger partial charge in [0.25, 0.3) is 0 Å². The number of benzene rings is 2. The molecule has 0 saturated heterocycles. The zero-order chi connectivity index (χ0) is 10.3. The number of hydrogen-bond acceptors (Lipinski definition) is 2. The van der Waals surface area contributed by atoms with E-state index in [-0.39, 0.29) is 0 Å². The Bertz CT molecular complexity index is 522. The fourth-order valence-corrected chi connectivity index (χ4v) is 2.17. The molecule has 0 amide bonds. The van der Waals surface area contributed by atoms with Crippen LogP contribution in [0.2, 0.25) is 0 Å². The minimum absolute atomic E-state index is 0.761. The van der Waals surface area contributed by atoms with Gasteiger partial charge in [0.1, 0.15) is 0 Å². The van der Waals surface area contributed by atoms with E-state index in [1.54, 1.807) is 4.90 Å². The van der Waals surface area contributed by atoms with Gasteiger partial charge in [-0.2, -0.15) is 5.26 Å². The molecule has 0 atom stereocenters. The van der Waals surface area contributed by atoms with Crippen molar-refractivity contribution in [3.63, 3.8) is 0 Å². The largest absolute Gasteiger partial charge is 0.302 e. The summed E-state index contributed by atoms with van der Waals surface area (Å²) < 4.78 is 0. The molecule has 0 bridgehead atoms. The van der Waals surface area contributed by atoms with Crippen molar-refractivity contribution < 1.29 is 0 Å². The van der Waals surface area contributed by atoms with Gasteiger partial charge in [-0.1, -0.05) is 24.3 Å². The molecule has 0 radical (unpaired) electrons. The third kappa shape index (κ3) is 1.25. The maximum absolute atomic E-state index is 8.85. The maximum Gasteiger partial charge on any atom is 0.179 e. The average Bonchev–Trinajstić information content (AvgIpc) is 2.67. The van der Waals surface area contributed by atoms with E-state index >= 15 is 0 Å². The first kappa shape index (κ1) is 8.31. The highest BCUT2D eigenvalue weighted by Crippen LogP contribution is 2.27. The summed E-state index contributed by atoms with van der Waals surface area (Å²) >= 11 is 0. The topological polar surface area (TPSA) is 27.0 Å². The summed E-state index contributed by atoms with van der Waals surface area (Å²) in [4.78, 5) is 1.78. The van der Waals surface area contributed by atoms with Gasteiger partial charge in [0, 0.05) is 0 Å². The molecule has 1 heterocycles. The molecule has 0 N–H and O–H groups in total. The zero-order valence-corrected chi connectivity index (χ0v) is 8.27. The van der Waals surface area contributed by atoms with Crippen LogP contribution in [0.4, 0.5) is 0 Å². The van der Waals surface area contributed by atoms with Crippen LogP contribution >= 0.6 is 0 Å². The Kier molecular flexibility index (Phi) is 1.66. The van der Waals surface area contributed by atoms with E-state index in [9.17, 15) is 0 Å². The summed E-state index contributed by atoms with van der Waals surface area (Å²) in [6.07, 6.45) is 2.20. The smallest absolute Gasteiger partial charge is 0.179 e. The lowest BCUT2D eigenvalue weighted by molar-refractivity contribution is 0.417. The highest BCUT2D eigenvalue weighted by atomic mass is 15.1. The summed E-state index contributed by atoms with van der Waals surface area (Å²) in [5.74, 6) is 0. The minimum atomic E-state index is 0.761. The Morgan fingerprint density at radius 2 is 1.53 bits per heavy atom. The van der Waals surface area contributed by atoms with E-state index in [0.717, 1.165) is 13.1 Å². The van der Waals surface area contributed by atoms with Crippen LogP contribution in [0.25, 0.3) is 10.8 Å². The van der Waals surface area contributed by atoms with Gasteiger partial charge in [0.15, 0.2) is 6.19 Å². The summed E-state index contributed by atoms with van der Waals surface area (Å²) in [6.45, 7) is 1.52. The van der Waals surface area contributed by atoms with E-state index in [2.05, 4.69) is 30.5 Å². The molecule has 0 unspecified atom stereocenters. The SMILES string of the molecule is N#CN1Cc2cc3ccccc3cc2C1. The van der Waals surface area contributed by atoms with E-state index in [4.69, 9.17) is 5.26 Å². The molecule has 2 nitrogen and oxygen atoms in total. The van der Waals surface area contributed by atoms with Crippen LogP contribution in [-0.4, -0.2) is 4.90 Å². The molecule has 1 aliphatic rings. The van der Waals surface area contributed by atoms with Crippen molar-refractivity contribution in [3.05, 3.63) is 47.5 Å². The number of nitrogens with zero attached hydrogens (tertiary/aromatic N) is 2. The van der Waals surface area contributed by atoms with E-state index in [1.807, 2.05) is 12.1 Å². The lowest BCUT2D eigenvalue weighted by atomic mass is 10.0. The standard InChI is InChI=1S/C13H10N2/c14-9-15-7-12-5-10-3-1-2-4-11(10)6-13(12)8-15/h1-6H,7-8H2. The molecule has 0 aliphatic carbocycles. The van der Waals surface area contributed by atoms with E-state index < -0.39 is 0 Å². The van der Waals surface area contributed by atoms with Crippen molar-refractivity contribution in [1.29, 1.82) is 5.26 Å². The van der Waals surface area contributed by atoms with Crippen LogP contribution in [-0.2, 0) is 13.1 Å². The Labute approximate surface area is 88.4 Å². The van der Waals surface area contributed by atoms with Crippen LogP contribution in [0.3, 0.4) is 0 Å². The predicted molar refractivity (Wildman–Crippen MR) is 58.8 cm³/mol. The molecule has 72 valence electrons. The molecular formula is C13H10N2. The highest BCUT2D eigenvalue weighted by Gasteiger charge is 2.17. The predicted octanol–water partition coefficient (Wildman–Crippen LogP) is 2.64. The fourth-order valence-electron chi connectivity index (χ4n) is 2.17. The third-order valence-corrected chi connectivity index (χ3v) is 2.93. The van der Waals surface area contributed by atoms with Crippen molar-refractivity contribution >= 4 is 10.8 Å². The van der Waals surface area contributed by atoms with Gasteiger partial charge in [-0.15, -0.1) is 0 Å². The van der Waals surface area contributed by atoms with Crippen LogP contribution in [0.5, 0.6) is 0 Å². The van der Waals surface area contributed by atoms with Gasteiger partial charge in [-0.05, 0) is 34.0 Å². The number of fused-ring (bicyclic) bond motifs is 2. The number of nitriles is 1. The summed E-state index contributed by atoms with van der Waals surface area (Å²) in [7, 11) is 0. The summed E-state index contributed by atoms with van der Waals surface area (Å²) in [5, 5.41) is 11.4. The molecular weight excluding hydrogens is 184 g/mol. The second-order valence-electron chi connectivity index (χ2n) is 3.92. The van der Waals surface area contributed by atoms with Gasteiger partial charge in [0.2, 0.25) is 0 Å². The van der Waals surface area contributed by atoms with Crippen molar-refractivity contribution in [3.8, 4) is 6.19 Å². The normalized spacial score (nSPS) is 13.9. The Morgan fingerprint density at radius 1 is 1.00 bits per heavy atom. The lowest BCUT2D eigenvalue weighted by Crippen LogP contribution is -2.06. The molecule has 3 rings (SSSR count). The van der Waals surface area contributed by atoms with Crippen molar-refractivity contribution in [1.82, 2.24) is 4.90 Å². The third-order valence-electron chi connectivity index (χ3n) is 2.93. The van der Waals surface area contributed by atoms with Crippen molar-refractivity contribution in [2.45, 2.75) is 13.1 Å². The van der Waals surface area contributed by atoms with Crippen LogP contribution < -0.4 is 0 Å². The summed E-state index contributed by atoms with van der Waals surface area (Å²) in [5.41, 5.74) is 2.57. The Balaban J connectivity index is 2.19. The van der Waals surface area contributed by atoms with Crippen LogP contribution in [0, 0.1) is 11.5 Å². The van der Waals surface area contributed by atoms with Gasteiger partial charge < -0.3 is 4.90 Å². The van der Waals surface area contributed by atoms with E-state index in [1.165, 1.54) is 21.9 Å². The van der Waals surface area contributed by atoms with E-state index in [0.29, 0.717) is 0 Å². The van der Waals surface area contributed by atoms with Crippen LogP contribution in [0.1, 0.15) is 11.1 Å². The highest BCUT2D eigenvalue weighted by molar-refractivity contribution is 5.84. The molecule has 0 saturated carbocycles.